The molecule has 3 N–H and O–H groups in total. The summed E-state index contributed by atoms with van der Waals surface area (Å²) in [5.74, 6) is 5.43. The number of halogens is 1. The number of aryl methyl sites for hydroxylation is 2. The maximum atomic E-state index is 13.3. The van der Waals surface area contributed by atoms with Gasteiger partial charge in [-0.2, -0.15) is 0 Å². The Balaban J connectivity index is 2.16. The Labute approximate surface area is 119 Å². The molecule has 0 aliphatic rings. The van der Waals surface area contributed by atoms with E-state index in [4.69, 9.17) is 5.84 Å². The van der Waals surface area contributed by atoms with Crippen molar-refractivity contribution < 1.29 is 4.39 Å². The fraction of sp³-hybridized carbons (Fsp3) is 0.312. The lowest BCUT2D eigenvalue weighted by atomic mass is 10.00. The third-order valence-electron chi connectivity index (χ3n) is 3.49. The number of hydrogen-bond acceptors (Lipinski definition) is 3. The van der Waals surface area contributed by atoms with Gasteiger partial charge >= 0.3 is 0 Å². The van der Waals surface area contributed by atoms with Crippen molar-refractivity contribution in [2.45, 2.75) is 32.7 Å². The Bertz CT molecular complexity index is 566. The summed E-state index contributed by atoms with van der Waals surface area (Å²) in [4.78, 5) is 4.43. The van der Waals surface area contributed by atoms with Crippen LogP contribution in [0, 0.1) is 12.7 Å². The van der Waals surface area contributed by atoms with E-state index in [1.807, 2.05) is 18.3 Å². The summed E-state index contributed by atoms with van der Waals surface area (Å²) in [5.41, 5.74) is 6.54. The SMILES string of the molecule is CCc1ccc(CC(NN)c2ccc(F)c(C)c2)nc1. The molecule has 0 saturated carbocycles. The fourth-order valence-corrected chi connectivity index (χ4v) is 2.15. The van der Waals surface area contributed by atoms with Gasteiger partial charge in [-0.05, 0) is 42.2 Å². The van der Waals surface area contributed by atoms with E-state index in [0.29, 0.717) is 12.0 Å². The minimum Gasteiger partial charge on any atom is -0.271 e. The number of benzene rings is 1. The molecule has 2 aromatic rings. The smallest absolute Gasteiger partial charge is 0.126 e. The molecule has 0 bridgehead atoms. The van der Waals surface area contributed by atoms with Crippen molar-refractivity contribution in [3.63, 3.8) is 0 Å². The monoisotopic (exact) mass is 273 g/mol. The molecule has 0 fully saturated rings. The number of hydrazine groups is 1. The molecule has 106 valence electrons. The second-order valence-electron chi connectivity index (χ2n) is 4.94. The topological polar surface area (TPSA) is 50.9 Å². The molecule has 0 amide bonds. The summed E-state index contributed by atoms with van der Waals surface area (Å²) < 4.78 is 13.3. The largest absolute Gasteiger partial charge is 0.271 e. The van der Waals surface area contributed by atoms with Crippen LogP contribution in [0.25, 0.3) is 0 Å². The molecule has 0 saturated heterocycles. The minimum absolute atomic E-state index is 0.0747. The molecule has 0 aliphatic carbocycles. The van der Waals surface area contributed by atoms with Gasteiger partial charge in [0.1, 0.15) is 5.82 Å². The zero-order valence-corrected chi connectivity index (χ0v) is 11.9. The van der Waals surface area contributed by atoms with Crippen molar-refractivity contribution in [3.8, 4) is 0 Å². The van der Waals surface area contributed by atoms with Gasteiger partial charge < -0.3 is 0 Å². The molecule has 4 heteroatoms. The van der Waals surface area contributed by atoms with E-state index in [1.54, 1.807) is 13.0 Å². The number of nitrogens with two attached hydrogens (primary N) is 1. The summed E-state index contributed by atoms with van der Waals surface area (Å²) in [6.45, 7) is 3.85. The van der Waals surface area contributed by atoms with Crippen LogP contribution >= 0.6 is 0 Å². The van der Waals surface area contributed by atoms with E-state index in [2.05, 4.69) is 23.4 Å². The molecule has 3 nitrogen and oxygen atoms in total. The van der Waals surface area contributed by atoms with Crippen LogP contribution in [0.1, 0.15) is 35.3 Å². The predicted octanol–water partition coefficient (Wildman–Crippen LogP) is 2.84. The Morgan fingerprint density at radius 1 is 1.30 bits per heavy atom. The maximum absolute atomic E-state index is 13.3. The van der Waals surface area contributed by atoms with Gasteiger partial charge in [-0.1, -0.05) is 25.1 Å². The van der Waals surface area contributed by atoms with Gasteiger partial charge in [0.2, 0.25) is 0 Å². The minimum atomic E-state index is -0.199. The zero-order chi connectivity index (χ0) is 14.5. The lowest BCUT2D eigenvalue weighted by Crippen LogP contribution is -2.29. The van der Waals surface area contributed by atoms with Crippen molar-refractivity contribution in [1.82, 2.24) is 10.4 Å². The van der Waals surface area contributed by atoms with Crippen molar-refractivity contribution in [2.24, 2.45) is 5.84 Å². The third-order valence-corrected chi connectivity index (χ3v) is 3.49. The Morgan fingerprint density at radius 2 is 2.10 bits per heavy atom. The van der Waals surface area contributed by atoms with Crippen molar-refractivity contribution >= 4 is 0 Å². The highest BCUT2D eigenvalue weighted by Gasteiger charge is 2.12. The van der Waals surface area contributed by atoms with Crippen LogP contribution < -0.4 is 11.3 Å². The molecular weight excluding hydrogens is 253 g/mol. The number of hydrogen-bond donors (Lipinski definition) is 2. The first-order chi connectivity index (χ1) is 9.63. The molecule has 2 rings (SSSR count). The fourth-order valence-electron chi connectivity index (χ4n) is 2.15. The van der Waals surface area contributed by atoms with Crippen molar-refractivity contribution in [1.29, 1.82) is 0 Å². The summed E-state index contributed by atoms with van der Waals surface area (Å²) in [6.07, 6.45) is 3.54. The summed E-state index contributed by atoms with van der Waals surface area (Å²) in [5, 5.41) is 0. The first-order valence-electron chi connectivity index (χ1n) is 6.80. The number of nitrogens with zero attached hydrogens (tertiary/aromatic N) is 1. The summed E-state index contributed by atoms with van der Waals surface area (Å²) >= 11 is 0. The molecule has 0 aliphatic heterocycles. The molecule has 1 heterocycles. The summed E-state index contributed by atoms with van der Waals surface area (Å²) in [7, 11) is 0. The molecule has 0 spiro atoms. The van der Waals surface area contributed by atoms with E-state index in [9.17, 15) is 4.39 Å². The van der Waals surface area contributed by atoms with E-state index in [0.717, 1.165) is 17.7 Å². The van der Waals surface area contributed by atoms with E-state index in [-0.39, 0.29) is 11.9 Å². The lowest BCUT2D eigenvalue weighted by Gasteiger charge is -2.17. The highest BCUT2D eigenvalue weighted by atomic mass is 19.1. The van der Waals surface area contributed by atoms with Gasteiger partial charge in [0.25, 0.3) is 0 Å². The zero-order valence-electron chi connectivity index (χ0n) is 11.9. The normalized spacial score (nSPS) is 12.4. The van der Waals surface area contributed by atoms with E-state index < -0.39 is 0 Å². The molecule has 1 unspecified atom stereocenters. The van der Waals surface area contributed by atoms with Gasteiger partial charge in [-0.25, -0.2) is 4.39 Å². The van der Waals surface area contributed by atoms with Crippen LogP contribution in [0.2, 0.25) is 0 Å². The number of rotatable bonds is 5. The highest BCUT2D eigenvalue weighted by molar-refractivity contribution is 5.27. The molecule has 0 radical (unpaired) electrons. The standard InChI is InChI=1S/C16H20FN3/c1-3-12-4-6-14(19-10-12)9-16(20-18)13-5-7-15(17)11(2)8-13/h4-8,10,16,20H,3,9,18H2,1-2H3. The average molecular weight is 273 g/mol. The highest BCUT2D eigenvalue weighted by Crippen LogP contribution is 2.19. The molecule has 1 atom stereocenters. The van der Waals surface area contributed by atoms with Crippen LogP contribution in [0.5, 0.6) is 0 Å². The van der Waals surface area contributed by atoms with Crippen LogP contribution in [0.3, 0.4) is 0 Å². The average Bonchev–Trinajstić information content (AvgIpc) is 2.48. The first kappa shape index (κ1) is 14.6. The van der Waals surface area contributed by atoms with Crippen molar-refractivity contribution in [3.05, 3.63) is 64.7 Å². The van der Waals surface area contributed by atoms with Gasteiger partial charge in [0.05, 0.1) is 6.04 Å². The quantitative estimate of drug-likeness (QED) is 0.650. The van der Waals surface area contributed by atoms with Crippen LogP contribution in [0.4, 0.5) is 4.39 Å². The van der Waals surface area contributed by atoms with Gasteiger partial charge in [-0.15, -0.1) is 0 Å². The van der Waals surface area contributed by atoms with E-state index in [1.165, 1.54) is 11.6 Å². The van der Waals surface area contributed by atoms with Crippen LogP contribution in [-0.2, 0) is 12.8 Å². The van der Waals surface area contributed by atoms with Crippen LogP contribution in [-0.4, -0.2) is 4.98 Å². The number of aromatic nitrogens is 1. The second-order valence-corrected chi connectivity index (χ2v) is 4.94. The number of pyridine rings is 1. The van der Waals surface area contributed by atoms with Gasteiger partial charge in [0, 0.05) is 18.3 Å². The predicted molar refractivity (Wildman–Crippen MR) is 78.5 cm³/mol. The Morgan fingerprint density at radius 3 is 2.65 bits per heavy atom. The van der Waals surface area contributed by atoms with Gasteiger partial charge in [-0.3, -0.25) is 16.3 Å². The lowest BCUT2D eigenvalue weighted by molar-refractivity contribution is 0.542. The molecule has 20 heavy (non-hydrogen) atoms. The molecule has 1 aromatic carbocycles. The maximum Gasteiger partial charge on any atom is 0.126 e. The second kappa shape index (κ2) is 6.59. The van der Waals surface area contributed by atoms with Crippen LogP contribution in [0.15, 0.2) is 36.5 Å². The van der Waals surface area contributed by atoms with E-state index >= 15 is 0 Å². The number of nitrogens with one attached hydrogen (secondary N) is 1. The first-order valence-corrected chi connectivity index (χ1v) is 6.80. The molecule has 1 aromatic heterocycles. The van der Waals surface area contributed by atoms with Gasteiger partial charge in [0.15, 0.2) is 0 Å². The summed E-state index contributed by atoms with van der Waals surface area (Å²) in [6, 6.07) is 9.07. The Kier molecular flexibility index (Phi) is 4.82. The molecular formula is C16H20FN3. The Hall–Kier alpha value is -1.78. The third kappa shape index (κ3) is 3.40. The van der Waals surface area contributed by atoms with Crippen molar-refractivity contribution in [2.75, 3.05) is 0 Å².